The minimum atomic E-state index is -0.462. The zero-order valence-corrected chi connectivity index (χ0v) is 6.64. The Morgan fingerprint density at radius 3 is 2.83 bits per heavy atom. The van der Waals surface area contributed by atoms with Gasteiger partial charge in [-0.05, 0) is 17.7 Å². The first-order valence-corrected chi connectivity index (χ1v) is 3.70. The van der Waals surface area contributed by atoms with Crippen LogP contribution in [-0.4, -0.2) is 21.8 Å². The van der Waals surface area contributed by atoms with Gasteiger partial charge in [0, 0.05) is 6.20 Å². The minimum Gasteiger partial charge on any atom is -0.394 e. The highest BCUT2D eigenvalue weighted by Crippen LogP contribution is 2.08. The molecule has 0 saturated carbocycles. The fourth-order valence-corrected chi connectivity index (χ4v) is 0.889. The van der Waals surface area contributed by atoms with E-state index in [-0.39, 0.29) is 13.2 Å². The average Bonchev–Trinajstić information content (AvgIpc) is 2.17. The molecule has 4 nitrogen and oxygen atoms in total. The molecule has 1 rings (SSSR count). The molecule has 0 saturated heterocycles. The number of hydrogen-bond donors (Lipinski definition) is 3. The molecule has 0 aromatic carbocycles. The van der Waals surface area contributed by atoms with E-state index in [1.165, 1.54) is 0 Å². The summed E-state index contributed by atoms with van der Waals surface area (Å²) in [5, 5.41) is 17.5. The largest absolute Gasteiger partial charge is 0.394 e. The van der Waals surface area contributed by atoms with Gasteiger partial charge in [-0.15, -0.1) is 0 Å². The van der Waals surface area contributed by atoms with Crippen LogP contribution in [-0.2, 0) is 6.61 Å². The van der Waals surface area contributed by atoms with E-state index in [1.54, 1.807) is 18.3 Å². The van der Waals surface area contributed by atoms with Gasteiger partial charge in [-0.25, -0.2) is 0 Å². The minimum absolute atomic E-state index is 0.0341. The van der Waals surface area contributed by atoms with E-state index in [0.717, 1.165) is 5.56 Å². The van der Waals surface area contributed by atoms with Gasteiger partial charge in [-0.2, -0.15) is 0 Å². The van der Waals surface area contributed by atoms with E-state index in [0.29, 0.717) is 5.69 Å². The lowest BCUT2D eigenvalue weighted by Crippen LogP contribution is -2.16. The van der Waals surface area contributed by atoms with Crippen molar-refractivity contribution in [1.82, 2.24) is 4.98 Å². The molecule has 0 unspecified atom stereocenters. The molecule has 0 bridgehead atoms. The van der Waals surface area contributed by atoms with E-state index >= 15 is 0 Å². The maximum atomic E-state index is 8.79. The second-order valence-electron chi connectivity index (χ2n) is 2.54. The molecule has 0 aliphatic rings. The van der Waals surface area contributed by atoms with Gasteiger partial charge in [0.15, 0.2) is 0 Å². The Bertz CT molecular complexity index is 253. The van der Waals surface area contributed by atoms with E-state index in [9.17, 15) is 0 Å². The Morgan fingerprint density at radius 1 is 1.50 bits per heavy atom. The van der Waals surface area contributed by atoms with Crippen molar-refractivity contribution < 1.29 is 10.2 Å². The number of aliphatic hydroxyl groups excluding tert-OH is 2. The Kier molecular flexibility index (Phi) is 3.16. The third-order valence-corrected chi connectivity index (χ3v) is 1.60. The van der Waals surface area contributed by atoms with Crippen LogP contribution < -0.4 is 5.73 Å². The summed E-state index contributed by atoms with van der Waals surface area (Å²) in [7, 11) is 0. The number of pyridine rings is 1. The van der Waals surface area contributed by atoms with Crippen LogP contribution in [0.15, 0.2) is 18.3 Å². The van der Waals surface area contributed by atoms with Crippen molar-refractivity contribution in [3.05, 3.63) is 29.6 Å². The van der Waals surface area contributed by atoms with Crippen molar-refractivity contribution in [2.24, 2.45) is 5.73 Å². The molecule has 1 atom stereocenters. The fraction of sp³-hybridized carbons (Fsp3) is 0.375. The second kappa shape index (κ2) is 4.15. The lowest BCUT2D eigenvalue weighted by atomic mass is 10.1. The Balaban J connectivity index is 2.86. The van der Waals surface area contributed by atoms with Gasteiger partial charge in [0.05, 0.1) is 24.9 Å². The Hall–Kier alpha value is -0.970. The standard InChI is InChI=1S/C8H12N2O2/c9-7(5-12)8-3-6(4-11)1-2-10-8/h1-3,7,11-12H,4-5,9H2/t7-/m1/s1. The number of nitrogens with zero attached hydrogens (tertiary/aromatic N) is 1. The second-order valence-corrected chi connectivity index (χ2v) is 2.54. The molecule has 12 heavy (non-hydrogen) atoms. The molecule has 0 amide bonds. The molecule has 4 heteroatoms. The monoisotopic (exact) mass is 168 g/mol. The lowest BCUT2D eigenvalue weighted by molar-refractivity contribution is 0.264. The van der Waals surface area contributed by atoms with Crippen LogP contribution in [0.25, 0.3) is 0 Å². The summed E-state index contributed by atoms with van der Waals surface area (Å²) in [4.78, 5) is 3.96. The van der Waals surface area contributed by atoms with Crippen LogP contribution in [0.2, 0.25) is 0 Å². The first-order chi connectivity index (χ1) is 5.77. The first-order valence-electron chi connectivity index (χ1n) is 3.70. The van der Waals surface area contributed by atoms with Gasteiger partial charge < -0.3 is 15.9 Å². The van der Waals surface area contributed by atoms with Crippen LogP contribution >= 0.6 is 0 Å². The van der Waals surface area contributed by atoms with E-state index < -0.39 is 6.04 Å². The predicted octanol–water partition coefficient (Wildman–Crippen LogP) is -0.434. The van der Waals surface area contributed by atoms with Crippen LogP contribution in [0.1, 0.15) is 17.3 Å². The smallest absolute Gasteiger partial charge is 0.0705 e. The number of aromatic nitrogens is 1. The summed E-state index contributed by atoms with van der Waals surface area (Å²) < 4.78 is 0. The van der Waals surface area contributed by atoms with Crippen molar-refractivity contribution in [3.63, 3.8) is 0 Å². The van der Waals surface area contributed by atoms with Crippen LogP contribution in [0, 0.1) is 0 Å². The molecule has 1 heterocycles. The zero-order chi connectivity index (χ0) is 8.97. The first kappa shape index (κ1) is 9.12. The van der Waals surface area contributed by atoms with Gasteiger partial charge in [0.2, 0.25) is 0 Å². The molecule has 1 aromatic rings. The number of hydrogen-bond acceptors (Lipinski definition) is 4. The molecule has 0 fully saturated rings. The van der Waals surface area contributed by atoms with Gasteiger partial charge in [0.25, 0.3) is 0 Å². The van der Waals surface area contributed by atoms with Crippen molar-refractivity contribution in [1.29, 1.82) is 0 Å². The number of aliphatic hydroxyl groups is 2. The van der Waals surface area contributed by atoms with Gasteiger partial charge >= 0.3 is 0 Å². The molecule has 0 aliphatic carbocycles. The molecule has 0 spiro atoms. The molecule has 4 N–H and O–H groups in total. The highest BCUT2D eigenvalue weighted by Gasteiger charge is 2.05. The lowest BCUT2D eigenvalue weighted by Gasteiger charge is -2.07. The third kappa shape index (κ3) is 2.01. The normalized spacial score (nSPS) is 12.9. The number of rotatable bonds is 3. The maximum absolute atomic E-state index is 8.79. The molecule has 0 radical (unpaired) electrons. The molecular formula is C8H12N2O2. The van der Waals surface area contributed by atoms with E-state index in [4.69, 9.17) is 15.9 Å². The predicted molar refractivity (Wildman–Crippen MR) is 44.2 cm³/mol. The summed E-state index contributed by atoms with van der Waals surface area (Å²) in [5.74, 6) is 0. The number of nitrogens with two attached hydrogens (primary N) is 1. The fourth-order valence-electron chi connectivity index (χ4n) is 0.889. The zero-order valence-electron chi connectivity index (χ0n) is 6.64. The Morgan fingerprint density at radius 2 is 2.25 bits per heavy atom. The molecule has 1 aromatic heterocycles. The van der Waals surface area contributed by atoms with E-state index in [1.807, 2.05) is 0 Å². The summed E-state index contributed by atoms with van der Waals surface area (Å²) in [6.45, 7) is -0.171. The topological polar surface area (TPSA) is 79.4 Å². The Labute approximate surface area is 70.7 Å². The molecular weight excluding hydrogens is 156 g/mol. The molecule has 0 aliphatic heterocycles. The van der Waals surface area contributed by atoms with Crippen LogP contribution in [0.5, 0.6) is 0 Å². The average molecular weight is 168 g/mol. The highest BCUT2D eigenvalue weighted by molar-refractivity contribution is 5.17. The van der Waals surface area contributed by atoms with Gasteiger partial charge in [0.1, 0.15) is 0 Å². The summed E-state index contributed by atoms with van der Waals surface area (Å²) >= 11 is 0. The highest BCUT2D eigenvalue weighted by atomic mass is 16.3. The van der Waals surface area contributed by atoms with Crippen LogP contribution in [0.4, 0.5) is 0 Å². The molecule has 66 valence electrons. The summed E-state index contributed by atoms with van der Waals surface area (Å²) in [6, 6.07) is 2.92. The van der Waals surface area contributed by atoms with Crippen molar-refractivity contribution in [2.75, 3.05) is 6.61 Å². The van der Waals surface area contributed by atoms with Crippen molar-refractivity contribution >= 4 is 0 Å². The van der Waals surface area contributed by atoms with Gasteiger partial charge in [-0.1, -0.05) is 0 Å². The quantitative estimate of drug-likeness (QED) is 0.572. The summed E-state index contributed by atoms with van der Waals surface area (Å²) in [6.07, 6.45) is 1.57. The third-order valence-electron chi connectivity index (χ3n) is 1.60. The van der Waals surface area contributed by atoms with E-state index in [2.05, 4.69) is 4.98 Å². The SMILES string of the molecule is N[C@H](CO)c1cc(CO)ccn1. The van der Waals surface area contributed by atoms with Crippen LogP contribution in [0.3, 0.4) is 0 Å². The van der Waals surface area contributed by atoms with Crippen molar-refractivity contribution in [2.45, 2.75) is 12.6 Å². The van der Waals surface area contributed by atoms with Gasteiger partial charge in [-0.3, -0.25) is 4.98 Å². The van der Waals surface area contributed by atoms with Crippen molar-refractivity contribution in [3.8, 4) is 0 Å². The summed E-state index contributed by atoms with van der Waals surface area (Å²) in [5.41, 5.74) is 6.88. The maximum Gasteiger partial charge on any atom is 0.0705 e.